The minimum Gasteiger partial charge on any atom is -0.441 e. The van der Waals surface area contributed by atoms with Gasteiger partial charge in [0.15, 0.2) is 123 Å². The molecule has 0 radical (unpaired) electrons. The number of aliphatic hydroxyl groups excluding tert-OH is 1. The lowest BCUT2D eigenvalue weighted by atomic mass is 9.91. The van der Waals surface area contributed by atoms with Crippen molar-refractivity contribution < 1.29 is 121 Å². The van der Waals surface area contributed by atoms with Gasteiger partial charge in [0.2, 0.25) is 5.82 Å². The molecule has 0 saturated carbocycles. The van der Waals surface area contributed by atoms with Crippen LogP contribution in [0.4, 0.5) is 41.1 Å². The maximum Gasteiger partial charge on any atom is 0.441 e. The maximum absolute atomic E-state index is 14.0. The molecular formula is C87H129F5N12O29Si4. The van der Waals surface area contributed by atoms with Crippen molar-refractivity contribution in [1.29, 1.82) is 0 Å². The lowest BCUT2D eigenvalue weighted by Crippen LogP contribution is -2.57. The first-order valence-electron chi connectivity index (χ1n) is 45.0. The Morgan fingerprint density at radius 1 is 0.431 bits per heavy atom. The molecule has 10 heterocycles. The standard InChI is InChI=1S/C27H32F5N3O8Si.C20H33N3O7Si.C20H31N3O7Si.C20H33N3O7Si/c1-11(2)44(12(3)4,13(5)6)40-10-15-23(14(7)24(41-15)35-9-8-16(36)33-26(35)38)42-27(39)34-43-25(37)17-18(28)20(30)22(32)21(31)19(17)29;2*1-11(2)31(12(3)4,13(5)6)28-9-14-16-20(10-24,22-19(27)30-16)17(29-14)23-8-7-15(25)21-18(23)26;1-11(2)31(12(3)4,13(5)6)28-10-15-17(30-20(26)22-27)14(7)18(29-15)23-9-8-16(24)21-19(23)25/h8-9,11-13,15,23-24H,7,10H2,1-6H3,(H,34,39)(H,33,36,38);7-8,11-14,16-17,24H,9-10H2,1-6H3,(H,22,27)(H,21,25,26);7-8,10-14,16-17H,9H2,1-6H3,(H,22,27)(H,21,25,26);8-9,11-13,15,17-18,27H,7,10H2,1-6H3,(H,22,26)(H,21,24,25)/t15-,23+,24-;2*14-,16-,17-,20-;15-,17+,18-/m1111/s1. The van der Waals surface area contributed by atoms with Crippen molar-refractivity contribution in [3.05, 3.63) is 191 Å². The molecule has 0 unspecified atom stereocenters. The molecule has 6 aliphatic heterocycles. The number of aldehydes is 1. The van der Waals surface area contributed by atoms with E-state index < -0.39 is 235 Å². The number of aromatic amines is 4. The number of hydroxylamine groups is 2. The Morgan fingerprint density at radius 3 is 1.04 bits per heavy atom. The van der Waals surface area contributed by atoms with Gasteiger partial charge in [0, 0.05) is 60.2 Å². The fourth-order valence-corrected chi connectivity index (χ4v) is 43.0. The molecular weight excluding hydrogens is 1880 g/mol. The average molecular weight is 2010 g/mol. The smallest absolute Gasteiger partial charge is 0.441 e. The number of fused-ring (bicyclic) bond motifs is 2. The van der Waals surface area contributed by atoms with Crippen molar-refractivity contribution in [3.63, 3.8) is 0 Å². The number of aromatic nitrogens is 8. The molecule has 6 fully saturated rings. The van der Waals surface area contributed by atoms with Crippen LogP contribution in [-0.4, -0.2) is 211 Å². The van der Waals surface area contributed by atoms with E-state index in [0.29, 0.717) is 56.2 Å². The first kappa shape index (κ1) is 112. The average Bonchev–Trinajstić information content (AvgIpc) is 1.57. The second-order valence-electron chi connectivity index (χ2n) is 38.2. The molecule has 137 heavy (non-hydrogen) atoms. The van der Waals surface area contributed by atoms with Crippen LogP contribution in [0.25, 0.3) is 0 Å². The first-order valence-corrected chi connectivity index (χ1v) is 53.6. The Morgan fingerprint density at radius 2 is 0.723 bits per heavy atom. The summed E-state index contributed by atoms with van der Waals surface area (Å²) >= 11 is 0. The number of halogens is 5. The van der Waals surface area contributed by atoms with E-state index in [-0.39, 0.29) is 54.2 Å². The molecule has 4 amide bonds. The maximum atomic E-state index is 14.0. The largest absolute Gasteiger partial charge is 0.441 e. The van der Waals surface area contributed by atoms with Crippen LogP contribution < -0.4 is 66.6 Å². The van der Waals surface area contributed by atoms with Crippen molar-refractivity contribution in [1.82, 2.24) is 59.8 Å². The van der Waals surface area contributed by atoms with Gasteiger partial charge < -0.3 is 81.0 Å². The van der Waals surface area contributed by atoms with Crippen LogP contribution in [0.5, 0.6) is 0 Å². The summed E-state index contributed by atoms with van der Waals surface area (Å²) in [6, 6.07) is 4.57. The van der Waals surface area contributed by atoms with Crippen LogP contribution in [0.2, 0.25) is 66.5 Å². The Balaban J connectivity index is 0.000000227. The number of alkyl carbamates (subject to hydrolysis) is 2. The van der Waals surface area contributed by atoms with Crippen molar-refractivity contribution in [2.75, 3.05) is 33.0 Å². The van der Waals surface area contributed by atoms with Gasteiger partial charge in [0.25, 0.3) is 22.2 Å². The fourth-order valence-electron chi connectivity index (χ4n) is 21.1. The molecule has 762 valence electrons. The number of benzene rings is 1. The number of aliphatic hydroxyl groups is 1. The van der Waals surface area contributed by atoms with Gasteiger partial charge in [0.1, 0.15) is 30.0 Å². The summed E-state index contributed by atoms with van der Waals surface area (Å²) in [6.07, 6.45) is -10.6. The summed E-state index contributed by atoms with van der Waals surface area (Å²) in [7, 11) is -9.24. The predicted octanol–water partition coefficient (Wildman–Crippen LogP) is 10.5. The van der Waals surface area contributed by atoms with E-state index in [1.54, 1.807) is 0 Å². The van der Waals surface area contributed by atoms with Gasteiger partial charge in [-0.1, -0.05) is 179 Å². The lowest BCUT2D eigenvalue weighted by molar-refractivity contribution is -0.118. The van der Waals surface area contributed by atoms with Gasteiger partial charge >= 0.3 is 53.1 Å². The third kappa shape index (κ3) is 22.5. The zero-order chi connectivity index (χ0) is 103. The molecule has 6 aliphatic rings. The van der Waals surface area contributed by atoms with Crippen LogP contribution in [0.3, 0.4) is 0 Å². The Kier molecular flexibility index (Phi) is 37.1. The highest BCUT2D eigenvalue weighted by Crippen LogP contribution is 2.51. The summed E-state index contributed by atoms with van der Waals surface area (Å²) in [5.74, 6) is -14.3. The summed E-state index contributed by atoms with van der Waals surface area (Å²) in [5.41, 5.74) is -3.70. The highest BCUT2D eigenvalue weighted by atomic mass is 28.4. The van der Waals surface area contributed by atoms with Gasteiger partial charge in [-0.25, -0.2) is 70.6 Å². The van der Waals surface area contributed by atoms with Gasteiger partial charge in [-0.2, -0.15) is 0 Å². The minimum atomic E-state index is -2.51. The van der Waals surface area contributed by atoms with Gasteiger partial charge in [0.05, 0.1) is 33.0 Å². The molecule has 0 aliphatic carbocycles. The van der Waals surface area contributed by atoms with Crippen LogP contribution in [0.1, 0.15) is 201 Å². The number of ether oxygens (including phenoxy) is 8. The number of nitrogens with zero attached hydrogens (tertiary/aromatic N) is 4. The first-order chi connectivity index (χ1) is 63.9. The molecule has 41 nitrogen and oxygen atoms in total. The van der Waals surface area contributed by atoms with E-state index in [0.717, 1.165) is 36.6 Å². The van der Waals surface area contributed by atoms with E-state index in [1.807, 2.05) is 41.5 Å². The van der Waals surface area contributed by atoms with Crippen LogP contribution in [-0.2, 0) is 65.2 Å². The second-order valence-corrected chi connectivity index (χ2v) is 60.0. The van der Waals surface area contributed by atoms with Crippen LogP contribution in [0, 0.1) is 29.1 Å². The Bertz CT molecular complexity index is 5590. The van der Waals surface area contributed by atoms with E-state index in [1.165, 1.54) is 41.7 Å². The van der Waals surface area contributed by atoms with Crippen molar-refractivity contribution in [2.45, 2.75) is 317 Å². The van der Waals surface area contributed by atoms with Crippen molar-refractivity contribution in [2.24, 2.45) is 0 Å². The summed E-state index contributed by atoms with van der Waals surface area (Å²) in [5, 5.41) is 24.3. The van der Waals surface area contributed by atoms with Gasteiger partial charge in [-0.3, -0.25) is 62.6 Å². The number of hydrogen-bond acceptors (Lipinski definition) is 29. The molecule has 50 heteroatoms. The van der Waals surface area contributed by atoms with E-state index >= 15 is 0 Å². The Labute approximate surface area is 789 Å². The third-order valence-corrected chi connectivity index (χ3v) is 51.1. The van der Waals surface area contributed by atoms with Crippen LogP contribution >= 0.6 is 0 Å². The normalized spacial score (nSPS) is 23.8. The second kappa shape index (κ2) is 45.3. The molecule has 11 rings (SSSR count). The molecule has 0 bridgehead atoms. The monoisotopic (exact) mass is 2010 g/mol. The zero-order valence-corrected chi connectivity index (χ0v) is 85.1. The van der Waals surface area contributed by atoms with Gasteiger partial charge in [-0.15, -0.1) is 5.48 Å². The summed E-state index contributed by atoms with van der Waals surface area (Å²) in [6.45, 7) is 58.5. The van der Waals surface area contributed by atoms with E-state index in [4.69, 9.17) is 60.8 Å². The highest BCUT2D eigenvalue weighted by Gasteiger charge is 2.67. The topological polar surface area (TPSA) is 530 Å². The minimum absolute atomic E-state index is 0.0000939. The molecule has 5 aromatic rings. The number of amides is 4. The predicted molar refractivity (Wildman–Crippen MR) is 493 cm³/mol. The molecule has 10 N–H and O–H groups in total. The fraction of sp³-hybridized carbons (Fsp3) is 0.632. The number of nitrogens with one attached hydrogen (secondary N) is 8. The quantitative estimate of drug-likeness (QED) is 0.00215. The molecule has 4 aromatic heterocycles. The van der Waals surface area contributed by atoms with E-state index in [2.05, 4.69) is 173 Å². The number of hydrogen-bond donors (Lipinski definition) is 10. The molecule has 6 saturated heterocycles. The molecule has 14 atom stereocenters. The third-order valence-electron chi connectivity index (χ3n) is 26.8. The Hall–Kier alpha value is -10.2. The number of H-pyrrole nitrogens is 4. The summed E-state index contributed by atoms with van der Waals surface area (Å²) in [4.78, 5) is 181. The summed E-state index contributed by atoms with van der Waals surface area (Å²) < 4.78 is 145. The zero-order valence-electron chi connectivity index (χ0n) is 81.1. The molecule has 0 spiro atoms. The highest BCUT2D eigenvalue weighted by molar-refractivity contribution is 6.79. The van der Waals surface area contributed by atoms with E-state index in [9.17, 15) is 94.2 Å². The van der Waals surface area contributed by atoms with Crippen molar-refractivity contribution >= 4 is 69.9 Å². The van der Waals surface area contributed by atoms with Gasteiger partial charge in [-0.05, 0) is 66.5 Å². The van der Waals surface area contributed by atoms with Crippen LogP contribution in [0.15, 0.2) is 112 Å². The number of rotatable bonds is 33. The number of carbonyl (C=O) groups excluding carboxylic acids is 6. The lowest BCUT2D eigenvalue weighted by Gasteiger charge is -2.42. The molecule has 1 aromatic carbocycles. The SMILES string of the molecule is C=C1[C@H](n2ccc(=O)[nH]c2=O)O[C@H](CO[Si](C(C)C)(C(C)C)C(C)C)[C@H]1OC(=O)NO.C=C1[C@H](n2ccc(=O)[nH]c2=O)O[C@H](CO[Si](C(C)C)(C(C)C)C(C)C)[C@H]1OC(=O)NOC(=O)c1c(F)c(F)c(F)c(F)c1F.CC(C)[Si](OC[C@H]1O[C@@H](n2ccc(=O)[nH]c2=O)[C@]2(C=O)NC(=O)O[C@H]12)(C(C)C)C(C)C.CC(C)[Si](OC[C@H]1O[C@@H](n2ccc(=O)[nH]c2=O)[C@]2(CO)NC(=O)O[C@H]12)(C(C)C)C(C)C. The van der Waals surface area contributed by atoms with Crippen molar-refractivity contribution in [3.8, 4) is 0 Å². The number of carbonyl (C=O) groups is 6.